The summed E-state index contributed by atoms with van der Waals surface area (Å²) in [5.41, 5.74) is 0. The molecule has 1 aliphatic carbocycles. The summed E-state index contributed by atoms with van der Waals surface area (Å²) in [6.07, 6.45) is 4.48. The van der Waals surface area contributed by atoms with Crippen LogP contribution in [0.5, 0.6) is 0 Å². The Morgan fingerprint density at radius 3 is 2.12 bits per heavy atom. The molecular formula is C17H30O6Si. The lowest BCUT2D eigenvalue weighted by atomic mass is 9.74. The molecule has 2 aliphatic rings. The molecule has 1 aliphatic heterocycles. The second-order valence-electron chi connectivity index (χ2n) is 6.51. The van der Waals surface area contributed by atoms with Gasteiger partial charge in [0.15, 0.2) is 0 Å². The average Bonchev–Trinajstić information content (AvgIpc) is 2.82. The summed E-state index contributed by atoms with van der Waals surface area (Å²) in [5.74, 6) is -0.599. The fourth-order valence-electron chi connectivity index (χ4n) is 3.92. The van der Waals surface area contributed by atoms with E-state index in [1.807, 2.05) is 20.8 Å². The number of rotatable bonds is 10. The second-order valence-corrected chi connectivity index (χ2v) is 9.24. The van der Waals surface area contributed by atoms with E-state index >= 15 is 0 Å². The van der Waals surface area contributed by atoms with Crippen LogP contribution in [0.4, 0.5) is 0 Å². The molecule has 24 heavy (non-hydrogen) atoms. The molecule has 0 N–H and O–H groups in total. The van der Waals surface area contributed by atoms with Crippen molar-refractivity contribution in [2.24, 2.45) is 17.8 Å². The van der Waals surface area contributed by atoms with Gasteiger partial charge in [-0.3, -0.25) is 9.59 Å². The van der Waals surface area contributed by atoms with Gasteiger partial charge in [0.05, 0.1) is 11.8 Å². The quantitative estimate of drug-likeness (QED) is 0.340. The van der Waals surface area contributed by atoms with Crippen molar-refractivity contribution in [1.29, 1.82) is 0 Å². The van der Waals surface area contributed by atoms with Crippen LogP contribution in [0.15, 0.2) is 0 Å². The smallest absolute Gasteiger partial charge is 0.393 e. The average molecular weight is 359 g/mol. The van der Waals surface area contributed by atoms with E-state index in [4.69, 9.17) is 18.0 Å². The topological polar surface area (TPSA) is 71.1 Å². The van der Waals surface area contributed by atoms with Crippen LogP contribution in [0, 0.1) is 17.8 Å². The zero-order valence-corrected chi connectivity index (χ0v) is 16.0. The third kappa shape index (κ3) is 4.65. The Balaban J connectivity index is 1.83. The summed E-state index contributed by atoms with van der Waals surface area (Å²) in [7, 11) is -2.58. The van der Waals surface area contributed by atoms with E-state index in [9.17, 15) is 9.59 Å². The summed E-state index contributed by atoms with van der Waals surface area (Å²) >= 11 is 0. The fraction of sp³-hybridized carbons (Fsp3) is 0.882. The molecule has 2 rings (SSSR count). The molecular weight excluding hydrogens is 328 g/mol. The molecule has 0 radical (unpaired) electrons. The SMILES string of the molecule is CCO[Si](CCCC1CCC2C(=O)OC(=O)C2C1)(OCC)OCC. The van der Waals surface area contributed by atoms with Crippen molar-refractivity contribution in [3.63, 3.8) is 0 Å². The summed E-state index contributed by atoms with van der Waals surface area (Å²) in [6.45, 7) is 7.66. The first-order valence-corrected chi connectivity index (χ1v) is 11.2. The number of carbonyl (C=O) groups is 2. The summed E-state index contributed by atoms with van der Waals surface area (Å²) in [6, 6.07) is 0.802. The standard InChI is InChI=1S/C17H30O6Si/c1-4-20-24(21-5-2,22-6-3)11-7-8-13-9-10-14-15(12-13)17(19)23-16(14)18/h13-15H,4-12H2,1-3H3. The predicted molar refractivity (Wildman–Crippen MR) is 90.1 cm³/mol. The van der Waals surface area contributed by atoms with E-state index in [2.05, 4.69) is 0 Å². The first kappa shape index (κ1) is 19.6. The first-order valence-electron chi connectivity index (χ1n) is 9.22. The highest BCUT2D eigenvalue weighted by Gasteiger charge is 2.47. The number of esters is 2. The Morgan fingerprint density at radius 2 is 1.54 bits per heavy atom. The Kier molecular flexibility index (Phi) is 7.40. The Bertz CT molecular complexity index is 424. The van der Waals surface area contributed by atoms with Gasteiger partial charge in [-0.2, -0.15) is 0 Å². The minimum absolute atomic E-state index is 0.197. The Morgan fingerprint density at radius 1 is 0.958 bits per heavy atom. The minimum atomic E-state index is -2.58. The van der Waals surface area contributed by atoms with Crippen molar-refractivity contribution in [2.45, 2.75) is 58.9 Å². The van der Waals surface area contributed by atoms with Crippen LogP contribution in [0.25, 0.3) is 0 Å². The second kappa shape index (κ2) is 9.08. The van der Waals surface area contributed by atoms with E-state index in [0.717, 1.165) is 38.1 Å². The van der Waals surface area contributed by atoms with Crippen LogP contribution >= 0.6 is 0 Å². The van der Waals surface area contributed by atoms with Gasteiger partial charge in [0.1, 0.15) is 0 Å². The first-order chi connectivity index (χ1) is 11.5. The third-order valence-corrected chi connectivity index (χ3v) is 8.11. The van der Waals surface area contributed by atoms with Crippen LogP contribution in [-0.4, -0.2) is 40.6 Å². The summed E-state index contributed by atoms with van der Waals surface area (Å²) < 4.78 is 22.4. The number of hydrogen-bond donors (Lipinski definition) is 0. The zero-order chi connectivity index (χ0) is 17.6. The molecule has 3 unspecified atom stereocenters. The van der Waals surface area contributed by atoms with Gasteiger partial charge >= 0.3 is 20.7 Å². The van der Waals surface area contributed by atoms with Gasteiger partial charge in [-0.15, -0.1) is 0 Å². The number of hydrogen-bond acceptors (Lipinski definition) is 6. The van der Waals surface area contributed by atoms with Crippen molar-refractivity contribution < 1.29 is 27.6 Å². The number of carbonyl (C=O) groups excluding carboxylic acids is 2. The lowest BCUT2D eigenvalue weighted by molar-refractivity contribution is -0.153. The van der Waals surface area contributed by atoms with Crippen molar-refractivity contribution in [1.82, 2.24) is 0 Å². The molecule has 0 aromatic rings. The molecule has 138 valence electrons. The molecule has 6 nitrogen and oxygen atoms in total. The molecule has 3 atom stereocenters. The maximum Gasteiger partial charge on any atom is 0.500 e. The lowest BCUT2D eigenvalue weighted by Crippen LogP contribution is -2.46. The molecule has 0 spiro atoms. The van der Waals surface area contributed by atoms with Crippen LogP contribution < -0.4 is 0 Å². The Labute approximate surface area is 145 Å². The molecule has 0 aromatic carbocycles. The van der Waals surface area contributed by atoms with Gasteiger partial charge < -0.3 is 18.0 Å². The summed E-state index contributed by atoms with van der Waals surface area (Å²) in [4.78, 5) is 23.4. The van der Waals surface area contributed by atoms with Gasteiger partial charge in [-0.05, 0) is 52.4 Å². The predicted octanol–water partition coefficient (Wildman–Crippen LogP) is 2.93. The van der Waals surface area contributed by atoms with E-state index in [1.54, 1.807) is 0 Å². The molecule has 7 heteroatoms. The highest BCUT2D eigenvalue weighted by atomic mass is 28.4. The molecule has 0 bridgehead atoms. The van der Waals surface area contributed by atoms with Crippen molar-refractivity contribution >= 4 is 20.7 Å². The molecule has 0 aromatic heterocycles. The fourth-order valence-corrected chi connectivity index (χ4v) is 6.56. The van der Waals surface area contributed by atoms with Gasteiger partial charge in [0, 0.05) is 25.9 Å². The van der Waals surface area contributed by atoms with Crippen LogP contribution in [0.3, 0.4) is 0 Å². The van der Waals surface area contributed by atoms with Gasteiger partial charge in [0.25, 0.3) is 0 Å². The van der Waals surface area contributed by atoms with Crippen LogP contribution in [0.1, 0.15) is 52.9 Å². The van der Waals surface area contributed by atoms with E-state index < -0.39 is 8.80 Å². The van der Waals surface area contributed by atoms with Crippen molar-refractivity contribution in [3.05, 3.63) is 0 Å². The molecule has 2 fully saturated rings. The van der Waals surface area contributed by atoms with Gasteiger partial charge in [-0.25, -0.2) is 0 Å². The van der Waals surface area contributed by atoms with Gasteiger partial charge in [-0.1, -0.05) is 6.42 Å². The van der Waals surface area contributed by atoms with E-state index in [1.165, 1.54) is 0 Å². The Hall–Kier alpha value is -0.763. The number of cyclic esters (lactones) is 2. The normalized spacial score (nSPS) is 27.2. The van der Waals surface area contributed by atoms with E-state index in [0.29, 0.717) is 25.7 Å². The third-order valence-electron chi connectivity index (χ3n) is 4.95. The highest BCUT2D eigenvalue weighted by molar-refractivity contribution is 6.60. The van der Waals surface area contributed by atoms with Gasteiger partial charge in [0.2, 0.25) is 0 Å². The number of ether oxygens (including phenoxy) is 1. The maximum atomic E-state index is 11.8. The largest absolute Gasteiger partial charge is 0.500 e. The molecule has 1 heterocycles. The lowest BCUT2D eigenvalue weighted by Gasteiger charge is -2.30. The van der Waals surface area contributed by atoms with E-state index in [-0.39, 0.29) is 23.8 Å². The monoisotopic (exact) mass is 358 g/mol. The van der Waals surface area contributed by atoms with Crippen molar-refractivity contribution in [2.75, 3.05) is 19.8 Å². The molecule has 1 saturated heterocycles. The molecule has 0 amide bonds. The molecule has 1 saturated carbocycles. The van der Waals surface area contributed by atoms with Crippen LogP contribution in [0.2, 0.25) is 6.04 Å². The zero-order valence-electron chi connectivity index (χ0n) is 15.0. The minimum Gasteiger partial charge on any atom is -0.393 e. The number of fused-ring (bicyclic) bond motifs is 1. The van der Waals surface area contributed by atoms with Crippen LogP contribution in [-0.2, 0) is 27.6 Å². The summed E-state index contributed by atoms with van der Waals surface area (Å²) in [5, 5.41) is 0. The van der Waals surface area contributed by atoms with Crippen molar-refractivity contribution in [3.8, 4) is 0 Å². The maximum absolute atomic E-state index is 11.8. The highest BCUT2D eigenvalue weighted by Crippen LogP contribution is 2.41.